The second-order valence-electron chi connectivity index (χ2n) is 7.61. The van der Waals surface area contributed by atoms with Gasteiger partial charge in [-0.1, -0.05) is 36.4 Å². The second-order valence-corrected chi connectivity index (χ2v) is 9.54. The molecule has 4 rings (SSSR count). The summed E-state index contributed by atoms with van der Waals surface area (Å²) in [4.78, 5) is 12.9. The molecular formula is C25H26N2O5S. The maximum atomic E-state index is 12.7. The Balaban J connectivity index is 1.35. The molecule has 7 nitrogen and oxygen atoms in total. The van der Waals surface area contributed by atoms with Crippen LogP contribution in [0.3, 0.4) is 0 Å². The number of rotatable bonds is 8. The first-order valence-electron chi connectivity index (χ1n) is 10.8. The summed E-state index contributed by atoms with van der Waals surface area (Å²) >= 11 is 0. The number of nitrogens with one attached hydrogen (secondary N) is 1. The Morgan fingerprint density at radius 1 is 0.939 bits per heavy atom. The van der Waals surface area contributed by atoms with E-state index in [4.69, 9.17) is 9.47 Å². The zero-order chi connectivity index (χ0) is 23.1. The lowest BCUT2D eigenvalue weighted by Gasteiger charge is -2.26. The molecular weight excluding hydrogens is 440 g/mol. The van der Waals surface area contributed by atoms with Gasteiger partial charge in [-0.05, 0) is 48.0 Å². The Morgan fingerprint density at radius 3 is 2.39 bits per heavy atom. The van der Waals surface area contributed by atoms with Crippen molar-refractivity contribution in [1.82, 2.24) is 4.31 Å². The molecule has 1 N–H and O–H groups in total. The molecule has 1 heterocycles. The zero-order valence-electron chi connectivity index (χ0n) is 18.1. The Labute approximate surface area is 194 Å². The molecule has 1 amide bonds. The van der Waals surface area contributed by atoms with Crippen LogP contribution in [0.5, 0.6) is 5.75 Å². The van der Waals surface area contributed by atoms with Crippen molar-refractivity contribution in [3.8, 4) is 5.75 Å². The van der Waals surface area contributed by atoms with E-state index in [1.165, 1.54) is 22.0 Å². The highest BCUT2D eigenvalue weighted by Crippen LogP contribution is 2.21. The van der Waals surface area contributed by atoms with Gasteiger partial charge in [-0.3, -0.25) is 4.79 Å². The highest BCUT2D eigenvalue weighted by molar-refractivity contribution is 7.89. The van der Waals surface area contributed by atoms with E-state index in [9.17, 15) is 13.2 Å². The topological polar surface area (TPSA) is 84.9 Å². The molecule has 8 heteroatoms. The number of hydrogen-bond acceptors (Lipinski definition) is 5. The summed E-state index contributed by atoms with van der Waals surface area (Å²) in [5, 5.41) is 2.80. The van der Waals surface area contributed by atoms with Crippen LogP contribution in [0.2, 0.25) is 0 Å². The van der Waals surface area contributed by atoms with Gasteiger partial charge in [-0.15, -0.1) is 0 Å². The van der Waals surface area contributed by atoms with Crippen LogP contribution in [0.4, 0.5) is 5.69 Å². The first kappa shape index (κ1) is 23.0. The molecule has 172 valence electrons. The number of ether oxygens (including phenoxy) is 2. The normalized spacial score (nSPS) is 14.5. The van der Waals surface area contributed by atoms with Gasteiger partial charge in [-0.2, -0.15) is 4.31 Å². The van der Waals surface area contributed by atoms with Gasteiger partial charge >= 0.3 is 0 Å². The minimum absolute atomic E-state index is 0.191. The summed E-state index contributed by atoms with van der Waals surface area (Å²) in [7, 11) is -3.57. The quantitative estimate of drug-likeness (QED) is 0.549. The third-order valence-corrected chi connectivity index (χ3v) is 7.23. The fraction of sp³-hybridized carbons (Fsp3) is 0.240. The van der Waals surface area contributed by atoms with Crippen LogP contribution in [-0.2, 0) is 21.2 Å². The fourth-order valence-corrected chi connectivity index (χ4v) is 4.92. The van der Waals surface area contributed by atoms with Gasteiger partial charge in [0, 0.05) is 30.8 Å². The Kier molecular flexibility index (Phi) is 7.39. The van der Waals surface area contributed by atoms with Crippen LogP contribution >= 0.6 is 0 Å². The highest BCUT2D eigenvalue weighted by Gasteiger charge is 2.26. The monoisotopic (exact) mass is 466 g/mol. The molecule has 0 bridgehead atoms. The van der Waals surface area contributed by atoms with Crippen LogP contribution < -0.4 is 10.1 Å². The number of carbonyl (C=O) groups is 1. The third kappa shape index (κ3) is 5.98. The molecule has 3 aromatic carbocycles. The number of carbonyl (C=O) groups excluding carboxylic acids is 1. The van der Waals surface area contributed by atoms with Crippen molar-refractivity contribution in [3.63, 3.8) is 0 Å². The first-order chi connectivity index (χ1) is 16.0. The minimum atomic E-state index is -3.57. The van der Waals surface area contributed by atoms with Crippen LogP contribution in [-0.4, -0.2) is 51.5 Å². The number of nitrogens with zero attached hydrogens (tertiary/aromatic N) is 1. The lowest BCUT2D eigenvalue weighted by Crippen LogP contribution is -2.40. The van der Waals surface area contributed by atoms with Gasteiger partial charge in [0.05, 0.1) is 24.7 Å². The molecule has 0 unspecified atom stereocenters. The molecule has 1 aliphatic rings. The lowest BCUT2D eigenvalue weighted by atomic mass is 10.1. The molecule has 0 radical (unpaired) electrons. The lowest BCUT2D eigenvalue weighted by molar-refractivity contribution is 0.0730. The van der Waals surface area contributed by atoms with E-state index in [1.807, 2.05) is 36.4 Å². The summed E-state index contributed by atoms with van der Waals surface area (Å²) in [6, 6.07) is 23.2. The van der Waals surface area contributed by atoms with Gasteiger partial charge < -0.3 is 14.8 Å². The van der Waals surface area contributed by atoms with Gasteiger partial charge in [0.1, 0.15) is 5.75 Å². The van der Waals surface area contributed by atoms with E-state index in [1.54, 1.807) is 30.3 Å². The smallest absolute Gasteiger partial charge is 0.255 e. The maximum absolute atomic E-state index is 12.7. The summed E-state index contributed by atoms with van der Waals surface area (Å²) in [5.74, 6) is 0.317. The molecule has 1 saturated heterocycles. The molecule has 1 aliphatic heterocycles. The van der Waals surface area contributed by atoms with Gasteiger partial charge in [0.25, 0.3) is 5.91 Å². The summed E-state index contributed by atoms with van der Waals surface area (Å²) in [6.07, 6.45) is 0.775. The van der Waals surface area contributed by atoms with Crippen molar-refractivity contribution in [2.24, 2.45) is 0 Å². The van der Waals surface area contributed by atoms with Gasteiger partial charge in [-0.25, -0.2) is 8.42 Å². The van der Waals surface area contributed by atoms with Crippen LogP contribution in [0, 0.1) is 0 Å². The zero-order valence-corrected chi connectivity index (χ0v) is 19.0. The highest BCUT2D eigenvalue weighted by atomic mass is 32.2. The van der Waals surface area contributed by atoms with Crippen LogP contribution in [0.15, 0.2) is 83.8 Å². The summed E-state index contributed by atoms with van der Waals surface area (Å²) in [6.45, 7) is 1.97. The Bertz CT molecular complexity index is 1170. The van der Waals surface area contributed by atoms with Crippen molar-refractivity contribution in [2.75, 3.05) is 38.2 Å². The molecule has 1 fully saturated rings. The predicted molar refractivity (Wildman–Crippen MR) is 126 cm³/mol. The first-order valence-corrected chi connectivity index (χ1v) is 12.2. The van der Waals surface area contributed by atoms with E-state index in [0.29, 0.717) is 49.9 Å². The predicted octanol–water partition coefficient (Wildman–Crippen LogP) is 3.58. The Hall–Kier alpha value is -3.20. The van der Waals surface area contributed by atoms with E-state index in [0.717, 1.165) is 6.42 Å². The SMILES string of the molecule is O=C(Nc1ccc(S(=O)(=O)N2CCOCC2)cc1)c1cccc(OCCc2ccccc2)c1. The summed E-state index contributed by atoms with van der Waals surface area (Å²) < 4.78 is 37.9. The van der Waals surface area contributed by atoms with Crippen molar-refractivity contribution < 1.29 is 22.7 Å². The third-order valence-electron chi connectivity index (χ3n) is 5.32. The van der Waals surface area contributed by atoms with E-state index < -0.39 is 10.0 Å². The number of benzene rings is 3. The largest absolute Gasteiger partial charge is 0.493 e. The fourth-order valence-electron chi connectivity index (χ4n) is 3.51. The Morgan fingerprint density at radius 2 is 1.67 bits per heavy atom. The van der Waals surface area contributed by atoms with Crippen molar-refractivity contribution in [1.29, 1.82) is 0 Å². The van der Waals surface area contributed by atoms with Gasteiger partial charge in [0.2, 0.25) is 10.0 Å². The molecule has 3 aromatic rings. The average molecular weight is 467 g/mol. The van der Waals surface area contributed by atoms with Crippen molar-refractivity contribution in [2.45, 2.75) is 11.3 Å². The van der Waals surface area contributed by atoms with Crippen molar-refractivity contribution in [3.05, 3.63) is 90.0 Å². The average Bonchev–Trinajstić information content (AvgIpc) is 2.86. The van der Waals surface area contributed by atoms with E-state index in [2.05, 4.69) is 5.32 Å². The number of morpholine rings is 1. The van der Waals surface area contributed by atoms with Gasteiger partial charge in [0.15, 0.2) is 0 Å². The molecule has 33 heavy (non-hydrogen) atoms. The van der Waals surface area contributed by atoms with Crippen LogP contribution in [0.25, 0.3) is 0 Å². The summed E-state index contributed by atoms with van der Waals surface area (Å²) in [5.41, 5.74) is 2.15. The van der Waals surface area contributed by atoms with E-state index >= 15 is 0 Å². The maximum Gasteiger partial charge on any atom is 0.255 e. The number of amides is 1. The second kappa shape index (κ2) is 10.6. The minimum Gasteiger partial charge on any atom is -0.493 e. The molecule has 0 saturated carbocycles. The van der Waals surface area contributed by atoms with E-state index in [-0.39, 0.29) is 10.8 Å². The van der Waals surface area contributed by atoms with Crippen molar-refractivity contribution >= 4 is 21.6 Å². The molecule has 0 aliphatic carbocycles. The number of hydrogen-bond donors (Lipinski definition) is 1. The molecule has 0 spiro atoms. The molecule has 0 aromatic heterocycles. The number of sulfonamides is 1. The molecule has 0 atom stereocenters. The standard InChI is InChI=1S/C25H26N2O5S/c28-25(21-7-4-8-23(19-21)32-16-13-20-5-2-1-3-6-20)26-22-9-11-24(12-10-22)33(29,30)27-14-17-31-18-15-27/h1-12,19H,13-18H2,(H,26,28). The number of anilines is 1. The van der Waals surface area contributed by atoms with Crippen LogP contribution in [0.1, 0.15) is 15.9 Å².